The second kappa shape index (κ2) is 9.51. The first-order valence-electron chi connectivity index (χ1n) is 12.4. The number of pyridine rings is 1. The normalized spacial score (nSPS) is 21.6. The number of halogens is 3. The van der Waals surface area contributed by atoms with Crippen molar-refractivity contribution in [3.63, 3.8) is 0 Å². The third-order valence-electron chi connectivity index (χ3n) is 7.61. The summed E-state index contributed by atoms with van der Waals surface area (Å²) in [5, 5.41) is 4.45. The fourth-order valence-corrected chi connectivity index (χ4v) is 6.92. The van der Waals surface area contributed by atoms with Crippen LogP contribution < -0.4 is 4.90 Å². The number of sulfonamides is 1. The number of benzene rings is 1. The van der Waals surface area contributed by atoms with Gasteiger partial charge in [-0.1, -0.05) is 5.57 Å². The molecule has 2 aliphatic heterocycles. The summed E-state index contributed by atoms with van der Waals surface area (Å²) in [6.45, 7) is -1.35. The van der Waals surface area contributed by atoms with Crippen molar-refractivity contribution < 1.29 is 26.3 Å². The molecular weight excluding hydrogens is 519 g/mol. The van der Waals surface area contributed by atoms with E-state index in [4.69, 9.17) is 4.74 Å². The molecule has 38 heavy (non-hydrogen) atoms. The van der Waals surface area contributed by atoms with Gasteiger partial charge in [0.05, 0.1) is 24.2 Å². The van der Waals surface area contributed by atoms with Gasteiger partial charge >= 0.3 is 6.61 Å². The molecular formula is C26H26F3N5O3S. The average Bonchev–Trinajstić information content (AvgIpc) is 3.27. The second-order valence-corrected chi connectivity index (χ2v) is 11.9. The Hall–Kier alpha value is -3.22. The Morgan fingerprint density at radius 3 is 2.50 bits per heavy atom. The summed E-state index contributed by atoms with van der Waals surface area (Å²) in [5.41, 5.74) is 2.05. The zero-order valence-electron chi connectivity index (χ0n) is 20.4. The van der Waals surface area contributed by atoms with Crippen molar-refractivity contribution in [2.75, 3.05) is 37.7 Å². The van der Waals surface area contributed by atoms with E-state index < -0.39 is 22.0 Å². The molecule has 4 heterocycles. The largest absolute Gasteiger partial charge is 0.356 e. The molecule has 0 spiro atoms. The van der Waals surface area contributed by atoms with Crippen molar-refractivity contribution in [3.8, 4) is 5.69 Å². The minimum atomic E-state index is -3.91. The van der Waals surface area contributed by atoms with Crippen molar-refractivity contribution in [3.05, 3.63) is 71.4 Å². The topological polar surface area (TPSA) is 80.6 Å². The number of nitrogens with zero attached hydrogens (tertiary/aromatic N) is 5. The van der Waals surface area contributed by atoms with E-state index in [9.17, 15) is 21.6 Å². The number of anilines is 1. The highest BCUT2D eigenvalue weighted by Crippen LogP contribution is 2.45. The molecule has 0 N–H and O–H groups in total. The number of ether oxygens (including phenoxy) is 1. The van der Waals surface area contributed by atoms with E-state index in [-0.39, 0.29) is 36.8 Å². The van der Waals surface area contributed by atoms with E-state index in [2.05, 4.69) is 15.0 Å². The number of piperidine rings is 1. The zero-order chi connectivity index (χ0) is 26.5. The van der Waals surface area contributed by atoms with Gasteiger partial charge in [-0.15, -0.1) is 0 Å². The lowest BCUT2D eigenvalue weighted by Crippen LogP contribution is -2.51. The fraction of sp³-hybridized carbons (Fsp3) is 0.385. The maximum absolute atomic E-state index is 13.6. The molecule has 1 aromatic carbocycles. The van der Waals surface area contributed by atoms with Gasteiger partial charge in [-0.05, 0) is 67.3 Å². The predicted octanol–water partition coefficient (Wildman–Crippen LogP) is 3.88. The summed E-state index contributed by atoms with van der Waals surface area (Å²) < 4.78 is 74.8. The SMILES string of the molecule is O=S(=O)(c1ccc(N2CCC2)nc1)N1CCC2=Cc3c(cnn3-c3ccc(F)cc3)C[C@]2(COC(F)F)C1. The molecule has 12 heteroatoms. The first kappa shape index (κ1) is 25.1. The number of fused-ring (bicyclic) bond motifs is 2. The van der Waals surface area contributed by atoms with Crippen LogP contribution in [0, 0.1) is 11.2 Å². The predicted molar refractivity (Wildman–Crippen MR) is 134 cm³/mol. The Kier molecular flexibility index (Phi) is 6.28. The summed E-state index contributed by atoms with van der Waals surface area (Å²) in [6.07, 6.45) is 6.60. The summed E-state index contributed by atoms with van der Waals surface area (Å²) in [7, 11) is -3.91. The highest BCUT2D eigenvalue weighted by molar-refractivity contribution is 7.89. The lowest BCUT2D eigenvalue weighted by Gasteiger charge is -2.45. The van der Waals surface area contributed by atoms with Crippen molar-refractivity contribution in [2.24, 2.45) is 5.41 Å². The Balaban J connectivity index is 1.31. The van der Waals surface area contributed by atoms with E-state index in [0.717, 1.165) is 42.2 Å². The molecule has 0 amide bonds. The monoisotopic (exact) mass is 545 g/mol. The molecule has 2 fully saturated rings. The van der Waals surface area contributed by atoms with Crippen LogP contribution in [0.1, 0.15) is 24.1 Å². The van der Waals surface area contributed by atoms with Gasteiger partial charge in [0.25, 0.3) is 0 Å². The highest BCUT2D eigenvalue weighted by atomic mass is 32.2. The standard InChI is InChI=1S/C26H26F3N5O3S/c27-20-2-4-21(5-3-20)34-23-12-19-8-11-33(16-26(19,17-37-25(28)29)13-18(23)14-31-34)38(35,36)22-6-7-24(30-15-22)32-9-1-10-32/h2-7,12,14-15,25H,1,8-11,13,16-17H2/t26-/m1/s1. The summed E-state index contributed by atoms with van der Waals surface area (Å²) in [5.74, 6) is 0.370. The Labute approximate surface area is 218 Å². The number of aromatic nitrogens is 3. The molecule has 3 aromatic rings. The minimum absolute atomic E-state index is 0.0110. The number of alkyl halides is 2. The van der Waals surface area contributed by atoms with Crippen LogP contribution in [0.4, 0.5) is 19.0 Å². The van der Waals surface area contributed by atoms with Crippen LogP contribution in [0.2, 0.25) is 0 Å². The van der Waals surface area contributed by atoms with Gasteiger partial charge in [0, 0.05) is 37.8 Å². The Morgan fingerprint density at radius 2 is 1.84 bits per heavy atom. The lowest BCUT2D eigenvalue weighted by molar-refractivity contribution is -0.150. The molecule has 0 saturated carbocycles. The first-order valence-corrected chi connectivity index (χ1v) is 13.8. The lowest BCUT2D eigenvalue weighted by atomic mass is 9.69. The molecule has 1 aliphatic carbocycles. The van der Waals surface area contributed by atoms with Crippen LogP contribution in [0.5, 0.6) is 0 Å². The van der Waals surface area contributed by atoms with Crippen LogP contribution in [0.25, 0.3) is 11.8 Å². The number of hydrogen-bond acceptors (Lipinski definition) is 6. The molecule has 3 aliphatic rings. The van der Waals surface area contributed by atoms with E-state index in [1.54, 1.807) is 35.1 Å². The van der Waals surface area contributed by atoms with E-state index in [1.807, 2.05) is 6.08 Å². The summed E-state index contributed by atoms with van der Waals surface area (Å²) >= 11 is 0. The van der Waals surface area contributed by atoms with Crippen LogP contribution in [0.15, 0.2) is 59.3 Å². The minimum Gasteiger partial charge on any atom is -0.356 e. The maximum atomic E-state index is 13.6. The average molecular weight is 546 g/mol. The van der Waals surface area contributed by atoms with Gasteiger partial charge in [-0.2, -0.15) is 18.2 Å². The van der Waals surface area contributed by atoms with Gasteiger partial charge in [0.15, 0.2) is 0 Å². The van der Waals surface area contributed by atoms with Gasteiger partial charge in [-0.3, -0.25) is 0 Å². The fourth-order valence-electron chi connectivity index (χ4n) is 5.45. The van der Waals surface area contributed by atoms with E-state index in [1.165, 1.54) is 22.6 Å². The van der Waals surface area contributed by atoms with Crippen molar-refractivity contribution in [1.82, 2.24) is 19.1 Å². The molecule has 2 saturated heterocycles. The van der Waals surface area contributed by atoms with E-state index in [0.29, 0.717) is 12.1 Å². The summed E-state index contributed by atoms with van der Waals surface area (Å²) in [4.78, 5) is 6.47. The number of rotatable bonds is 7. The maximum Gasteiger partial charge on any atom is 0.345 e. The third-order valence-corrected chi connectivity index (χ3v) is 9.44. The first-order chi connectivity index (χ1) is 18.2. The van der Waals surface area contributed by atoms with Gasteiger partial charge in [0.2, 0.25) is 10.0 Å². The Bertz CT molecular complexity index is 1470. The van der Waals surface area contributed by atoms with Gasteiger partial charge in [0.1, 0.15) is 16.5 Å². The number of hydrogen-bond donors (Lipinski definition) is 0. The highest BCUT2D eigenvalue weighted by Gasteiger charge is 2.46. The Morgan fingerprint density at radius 1 is 1.05 bits per heavy atom. The van der Waals surface area contributed by atoms with Crippen LogP contribution in [-0.4, -0.2) is 66.9 Å². The molecule has 8 nitrogen and oxygen atoms in total. The molecule has 1 atom stereocenters. The molecule has 0 unspecified atom stereocenters. The molecule has 6 rings (SSSR count). The molecule has 2 aromatic heterocycles. The zero-order valence-corrected chi connectivity index (χ0v) is 21.2. The summed E-state index contributed by atoms with van der Waals surface area (Å²) in [6, 6.07) is 9.16. The van der Waals surface area contributed by atoms with Crippen molar-refractivity contribution in [1.29, 1.82) is 0 Å². The smallest absolute Gasteiger partial charge is 0.345 e. The van der Waals surface area contributed by atoms with Gasteiger partial charge < -0.3 is 9.64 Å². The quantitative estimate of drug-likeness (QED) is 0.449. The van der Waals surface area contributed by atoms with Crippen molar-refractivity contribution in [2.45, 2.75) is 30.8 Å². The van der Waals surface area contributed by atoms with Gasteiger partial charge in [-0.25, -0.2) is 22.5 Å². The van der Waals surface area contributed by atoms with Crippen LogP contribution >= 0.6 is 0 Å². The molecule has 0 radical (unpaired) electrons. The van der Waals surface area contributed by atoms with Crippen molar-refractivity contribution >= 4 is 21.9 Å². The van der Waals surface area contributed by atoms with E-state index >= 15 is 0 Å². The van der Waals surface area contributed by atoms with Crippen LogP contribution in [0.3, 0.4) is 0 Å². The third kappa shape index (κ3) is 4.40. The second-order valence-electron chi connectivity index (χ2n) is 9.92. The van der Waals surface area contributed by atoms with Crippen LogP contribution in [-0.2, 0) is 21.2 Å². The molecule has 0 bridgehead atoms. The molecule has 200 valence electrons.